The average Bonchev–Trinajstić information content (AvgIpc) is 2.68. The minimum Gasteiger partial charge on any atom is -0.459 e. The molecule has 1 atom stereocenters. The Bertz CT molecular complexity index is 878. The molecule has 6 nitrogen and oxygen atoms in total. The Morgan fingerprint density at radius 2 is 1.93 bits per heavy atom. The molecule has 0 radical (unpaired) electrons. The number of rotatable bonds is 6. The van der Waals surface area contributed by atoms with Crippen molar-refractivity contribution >= 4 is 16.1 Å². The summed E-state index contributed by atoms with van der Waals surface area (Å²) in [5.74, 6) is 0. The van der Waals surface area contributed by atoms with Gasteiger partial charge in [0.25, 0.3) is 0 Å². The average molecular weight is 388 g/mol. The van der Waals surface area contributed by atoms with E-state index in [4.69, 9.17) is 4.74 Å². The van der Waals surface area contributed by atoms with Gasteiger partial charge in [0, 0.05) is 24.3 Å². The van der Waals surface area contributed by atoms with Crippen molar-refractivity contribution in [2.24, 2.45) is 0 Å². The van der Waals surface area contributed by atoms with Gasteiger partial charge in [-0.05, 0) is 43.4 Å². The number of hydrogen-bond acceptors (Lipinski definition) is 5. The predicted molar refractivity (Wildman–Crippen MR) is 106 cm³/mol. The van der Waals surface area contributed by atoms with Gasteiger partial charge in [-0.3, -0.25) is 0 Å². The molecule has 3 rings (SSSR count). The molecule has 0 bridgehead atoms. The van der Waals surface area contributed by atoms with Crippen molar-refractivity contribution in [2.45, 2.75) is 39.2 Å². The fourth-order valence-corrected chi connectivity index (χ4v) is 4.15. The summed E-state index contributed by atoms with van der Waals surface area (Å²) in [5, 5.41) is 1.27. The summed E-state index contributed by atoms with van der Waals surface area (Å²) in [6.07, 6.45) is 7.26. The van der Waals surface area contributed by atoms with Crippen LogP contribution in [0, 0.1) is 6.92 Å². The number of ether oxygens (including phenoxy) is 1. The van der Waals surface area contributed by atoms with E-state index in [1.807, 2.05) is 38.1 Å². The van der Waals surface area contributed by atoms with E-state index in [-0.39, 0.29) is 6.10 Å². The molecule has 27 heavy (non-hydrogen) atoms. The van der Waals surface area contributed by atoms with Crippen molar-refractivity contribution in [2.75, 3.05) is 13.1 Å². The van der Waals surface area contributed by atoms with Gasteiger partial charge in [0.05, 0.1) is 6.54 Å². The van der Waals surface area contributed by atoms with Gasteiger partial charge in [-0.2, -0.15) is 4.31 Å². The third kappa shape index (κ3) is 5.37. The first kappa shape index (κ1) is 19.5. The van der Waals surface area contributed by atoms with E-state index in [0.717, 1.165) is 36.0 Å². The zero-order valence-corrected chi connectivity index (χ0v) is 16.5. The normalized spacial score (nSPS) is 18.7. The second-order valence-corrected chi connectivity index (χ2v) is 8.54. The van der Waals surface area contributed by atoms with E-state index < -0.39 is 10.0 Å². The molecule has 1 aliphatic heterocycles. The number of hydrogen-bond donors (Lipinski definition) is 0. The van der Waals surface area contributed by atoms with Gasteiger partial charge < -0.3 is 4.74 Å². The molecule has 0 saturated carbocycles. The molecule has 2 heterocycles. The van der Waals surface area contributed by atoms with Gasteiger partial charge in [-0.1, -0.05) is 36.8 Å². The predicted octanol–water partition coefficient (Wildman–Crippen LogP) is 3.19. The Hall–Kier alpha value is -2.25. The van der Waals surface area contributed by atoms with Crippen molar-refractivity contribution in [3.8, 4) is 6.01 Å². The van der Waals surface area contributed by atoms with Crippen LogP contribution in [0.15, 0.2) is 42.1 Å². The fraction of sp³-hybridized carbons (Fsp3) is 0.400. The lowest BCUT2D eigenvalue weighted by Crippen LogP contribution is -2.43. The summed E-state index contributed by atoms with van der Waals surface area (Å²) in [6, 6.07) is 8.02. The van der Waals surface area contributed by atoms with Crippen LogP contribution in [0.5, 0.6) is 6.01 Å². The molecule has 1 unspecified atom stereocenters. The van der Waals surface area contributed by atoms with Crippen molar-refractivity contribution in [1.29, 1.82) is 0 Å². The molecular formula is C20H25N3O3S. The maximum atomic E-state index is 12.7. The molecule has 0 N–H and O–H groups in total. The number of aromatic nitrogens is 2. The van der Waals surface area contributed by atoms with Crippen LogP contribution in [0.4, 0.5) is 0 Å². The van der Waals surface area contributed by atoms with Crippen LogP contribution in [0.1, 0.15) is 36.5 Å². The van der Waals surface area contributed by atoms with Crippen LogP contribution in [0.3, 0.4) is 0 Å². The lowest BCUT2D eigenvalue weighted by Gasteiger charge is -2.30. The highest BCUT2D eigenvalue weighted by molar-refractivity contribution is 7.92. The van der Waals surface area contributed by atoms with E-state index in [1.54, 1.807) is 18.5 Å². The zero-order valence-electron chi connectivity index (χ0n) is 15.7. The Balaban J connectivity index is 1.64. The fourth-order valence-electron chi connectivity index (χ4n) is 2.90. The van der Waals surface area contributed by atoms with Crippen molar-refractivity contribution in [3.05, 3.63) is 58.8 Å². The van der Waals surface area contributed by atoms with E-state index in [9.17, 15) is 8.42 Å². The monoisotopic (exact) mass is 387 g/mol. The van der Waals surface area contributed by atoms with Gasteiger partial charge in [0.2, 0.25) is 10.0 Å². The molecule has 1 aliphatic rings. The van der Waals surface area contributed by atoms with Crippen molar-refractivity contribution < 1.29 is 13.2 Å². The Labute approximate surface area is 161 Å². The second kappa shape index (κ2) is 8.63. The molecule has 1 saturated heterocycles. The SMILES string of the molecule is CCc1cnc(OC2CCCN(S(=O)(=O)/C=C/c3ccc(C)cc3)C2)nc1. The maximum Gasteiger partial charge on any atom is 0.316 e. The number of aryl methyl sites for hydroxylation is 2. The second-order valence-electron chi connectivity index (χ2n) is 6.73. The van der Waals surface area contributed by atoms with Gasteiger partial charge >= 0.3 is 6.01 Å². The Kier molecular flexibility index (Phi) is 6.23. The number of sulfonamides is 1. The molecule has 1 aromatic heterocycles. The molecule has 0 aliphatic carbocycles. The quantitative estimate of drug-likeness (QED) is 0.761. The zero-order chi connectivity index (χ0) is 19.3. The van der Waals surface area contributed by atoms with Crippen molar-refractivity contribution in [1.82, 2.24) is 14.3 Å². The smallest absolute Gasteiger partial charge is 0.316 e. The highest BCUT2D eigenvalue weighted by atomic mass is 32.2. The van der Waals surface area contributed by atoms with E-state index in [2.05, 4.69) is 9.97 Å². The summed E-state index contributed by atoms with van der Waals surface area (Å²) in [4.78, 5) is 8.40. The highest BCUT2D eigenvalue weighted by Crippen LogP contribution is 2.19. The molecule has 0 amide bonds. The highest BCUT2D eigenvalue weighted by Gasteiger charge is 2.28. The van der Waals surface area contributed by atoms with E-state index in [1.165, 1.54) is 9.71 Å². The summed E-state index contributed by atoms with van der Waals surface area (Å²) < 4.78 is 32.6. The van der Waals surface area contributed by atoms with E-state index >= 15 is 0 Å². The molecule has 2 aromatic rings. The van der Waals surface area contributed by atoms with Gasteiger partial charge in [-0.25, -0.2) is 18.4 Å². The van der Waals surface area contributed by atoms with Gasteiger partial charge in [-0.15, -0.1) is 0 Å². The Morgan fingerprint density at radius 3 is 2.59 bits per heavy atom. The minimum atomic E-state index is -3.50. The standard InChI is InChI=1S/C20H25N3O3S/c1-3-17-13-21-20(22-14-17)26-19-5-4-11-23(15-19)27(24,25)12-10-18-8-6-16(2)7-9-18/h6-10,12-14,19H,3-5,11,15H2,1-2H3/b12-10+. The van der Waals surface area contributed by atoms with Crippen LogP contribution in [0.25, 0.3) is 6.08 Å². The number of nitrogens with zero attached hydrogens (tertiary/aromatic N) is 3. The molecule has 7 heteroatoms. The third-order valence-corrected chi connectivity index (χ3v) is 6.10. The molecule has 1 fully saturated rings. The number of piperidine rings is 1. The van der Waals surface area contributed by atoms with E-state index in [0.29, 0.717) is 19.1 Å². The first-order valence-electron chi connectivity index (χ1n) is 9.19. The topological polar surface area (TPSA) is 72.4 Å². The first-order chi connectivity index (χ1) is 13.0. The summed E-state index contributed by atoms with van der Waals surface area (Å²) in [6.45, 7) is 4.83. The van der Waals surface area contributed by atoms with Gasteiger partial charge in [0.15, 0.2) is 0 Å². The van der Waals surface area contributed by atoms with Crippen LogP contribution < -0.4 is 4.74 Å². The van der Waals surface area contributed by atoms with Crippen LogP contribution in [0.2, 0.25) is 0 Å². The maximum absolute atomic E-state index is 12.7. The van der Waals surface area contributed by atoms with Crippen LogP contribution >= 0.6 is 0 Å². The minimum absolute atomic E-state index is 0.242. The molecule has 144 valence electrons. The summed E-state index contributed by atoms with van der Waals surface area (Å²) >= 11 is 0. The lowest BCUT2D eigenvalue weighted by atomic mass is 10.1. The summed E-state index contributed by atoms with van der Waals surface area (Å²) in [7, 11) is -3.50. The molecule has 0 spiro atoms. The van der Waals surface area contributed by atoms with Crippen LogP contribution in [-0.4, -0.2) is 41.9 Å². The summed E-state index contributed by atoms with van der Waals surface area (Å²) in [5.41, 5.74) is 3.04. The number of benzene rings is 1. The van der Waals surface area contributed by atoms with Gasteiger partial charge in [0.1, 0.15) is 6.10 Å². The lowest BCUT2D eigenvalue weighted by molar-refractivity contribution is 0.119. The molecular weight excluding hydrogens is 362 g/mol. The first-order valence-corrected chi connectivity index (χ1v) is 10.7. The molecule has 1 aromatic carbocycles. The third-order valence-electron chi connectivity index (χ3n) is 4.57. The Morgan fingerprint density at radius 1 is 1.22 bits per heavy atom. The van der Waals surface area contributed by atoms with Crippen molar-refractivity contribution in [3.63, 3.8) is 0 Å². The van der Waals surface area contributed by atoms with Crippen LogP contribution in [-0.2, 0) is 16.4 Å². The largest absolute Gasteiger partial charge is 0.459 e.